The van der Waals surface area contributed by atoms with Crippen molar-refractivity contribution in [2.24, 2.45) is 18.9 Å². The maximum absolute atomic E-state index is 12.7. The summed E-state index contributed by atoms with van der Waals surface area (Å²) in [6.07, 6.45) is 2.47. The molecule has 0 bridgehead atoms. The average Bonchev–Trinajstić information content (AvgIpc) is 2.75. The topological polar surface area (TPSA) is 59.4 Å². The average molecular weight is 333 g/mol. The highest BCUT2D eigenvalue weighted by atomic mass is 35.7. The highest BCUT2D eigenvalue weighted by Crippen LogP contribution is 2.29. The number of likely N-dealkylation sites (tertiary alicyclic amines) is 1. The van der Waals surface area contributed by atoms with Gasteiger partial charge in [0.15, 0.2) is 0 Å². The number of hydrogen-bond acceptors (Lipinski definition) is 3. The molecule has 1 aliphatic heterocycles. The van der Waals surface area contributed by atoms with Crippen molar-refractivity contribution in [1.82, 2.24) is 9.47 Å². The van der Waals surface area contributed by atoms with Crippen LogP contribution in [-0.2, 0) is 16.1 Å². The molecule has 3 unspecified atom stereocenters. The lowest BCUT2D eigenvalue weighted by atomic mass is 9.86. The summed E-state index contributed by atoms with van der Waals surface area (Å²) >= 11 is 0. The van der Waals surface area contributed by atoms with E-state index in [0.717, 1.165) is 6.42 Å². The summed E-state index contributed by atoms with van der Waals surface area (Å²) in [7, 11) is 3.17. The first-order valence-corrected chi connectivity index (χ1v) is 9.34. The van der Waals surface area contributed by atoms with Crippen LogP contribution in [0.2, 0.25) is 0 Å². The Morgan fingerprint density at radius 2 is 1.95 bits per heavy atom. The van der Waals surface area contributed by atoms with Gasteiger partial charge in [-0.1, -0.05) is 13.8 Å². The summed E-state index contributed by atoms with van der Waals surface area (Å²) < 4.78 is 24.3. The Morgan fingerprint density at radius 3 is 2.48 bits per heavy atom. The van der Waals surface area contributed by atoms with Crippen molar-refractivity contribution in [1.29, 1.82) is 0 Å². The van der Waals surface area contributed by atoms with Crippen LogP contribution in [0.15, 0.2) is 17.2 Å². The number of amides is 1. The monoisotopic (exact) mass is 332 g/mol. The lowest BCUT2D eigenvalue weighted by molar-refractivity contribution is 0.0446. The maximum atomic E-state index is 12.7. The third-order valence-electron chi connectivity index (χ3n) is 4.34. The molecule has 0 aliphatic carbocycles. The predicted octanol–water partition coefficient (Wildman–Crippen LogP) is 2.46. The molecule has 1 fully saturated rings. The van der Waals surface area contributed by atoms with E-state index in [1.165, 1.54) is 16.8 Å². The zero-order valence-electron chi connectivity index (χ0n) is 12.7. The van der Waals surface area contributed by atoms with Crippen LogP contribution >= 0.6 is 10.7 Å². The molecule has 0 radical (unpaired) electrons. The fourth-order valence-corrected chi connectivity index (χ4v) is 3.80. The van der Waals surface area contributed by atoms with Gasteiger partial charge in [0.1, 0.15) is 10.6 Å². The molecular formula is C14H21ClN2O3S. The molecule has 1 amide bonds. The number of aryl methyl sites for hydroxylation is 1. The normalized spacial score (nSPS) is 26.9. The van der Waals surface area contributed by atoms with Crippen LogP contribution in [0.5, 0.6) is 0 Å². The molecule has 1 aromatic rings. The van der Waals surface area contributed by atoms with Gasteiger partial charge in [0.05, 0.1) is 0 Å². The molecule has 1 aromatic heterocycles. The van der Waals surface area contributed by atoms with Crippen molar-refractivity contribution >= 4 is 25.6 Å². The number of piperidine rings is 1. The molecule has 0 aromatic carbocycles. The second kappa shape index (κ2) is 5.65. The molecule has 1 aliphatic rings. The number of aromatic nitrogens is 1. The third-order valence-corrected chi connectivity index (χ3v) is 5.66. The minimum atomic E-state index is -3.82. The van der Waals surface area contributed by atoms with Crippen LogP contribution in [0, 0.1) is 11.8 Å². The Kier molecular flexibility index (Phi) is 4.40. The van der Waals surface area contributed by atoms with Gasteiger partial charge in [-0.15, -0.1) is 0 Å². The van der Waals surface area contributed by atoms with Gasteiger partial charge in [-0.2, -0.15) is 0 Å². The molecule has 5 nitrogen and oxygen atoms in total. The molecular weight excluding hydrogens is 312 g/mol. The van der Waals surface area contributed by atoms with Crippen LogP contribution < -0.4 is 0 Å². The second-order valence-electron chi connectivity index (χ2n) is 6.13. The van der Waals surface area contributed by atoms with Crippen molar-refractivity contribution in [3.63, 3.8) is 0 Å². The largest absolute Gasteiger partial charge is 0.345 e. The van der Waals surface area contributed by atoms with Gasteiger partial charge in [0.25, 0.3) is 15.0 Å². The molecule has 2 rings (SSSR count). The molecule has 0 saturated carbocycles. The van der Waals surface area contributed by atoms with E-state index in [1.54, 1.807) is 7.05 Å². The molecule has 21 heavy (non-hydrogen) atoms. The number of carbonyl (C=O) groups is 1. The van der Waals surface area contributed by atoms with Gasteiger partial charge in [-0.05, 0) is 31.2 Å². The SMILES string of the molecule is CC1CC(C)C(C)N(C(=O)c2cc(S(=O)(=O)Cl)cn2C)C1. The third kappa shape index (κ3) is 3.26. The van der Waals surface area contributed by atoms with Gasteiger partial charge < -0.3 is 9.47 Å². The highest BCUT2D eigenvalue weighted by Gasteiger charge is 2.33. The summed E-state index contributed by atoms with van der Waals surface area (Å²) in [4.78, 5) is 14.5. The van der Waals surface area contributed by atoms with Gasteiger partial charge in [0.2, 0.25) is 0 Å². The first-order valence-electron chi connectivity index (χ1n) is 7.03. The summed E-state index contributed by atoms with van der Waals surface area (Å²) in [5.41, 5.74) is 0.349. The Morgan fingerprint density at radius 1 is 1.33 bits per heavy atom. The molecule has 0 spiro atoms. The van der Waals surface area contributed by atoms with Crippen LogP contribution in [0.4, 0.5) is 0 Å². The fraction of sp³-hybridized carbons (Fsp3) is 0.643. The summed E-state index contributed by atoms with van der Waals surface area (Å²) in [6, 6.07) is 1.49. The first-order chi connectivity index (χ1) is 9.61. The Bertz CT molecular complexity index is 653. The Hall–Kier alpha value is -1.01. The molecule has 2 heterocycles. The number of halogens is 1. The summed E-state index contributed by atoms with van der Waals surface area (Å²) in [5.74, 6) is 0.723. The first kappa shape index (κ1) is 16.4. The summed E-state index contributed by atoms with van der Waals surface area (Å²) in [6.45, 7) is 7.00. The zero-order valence-corrected chi connectivity index (χ0v) is 14.3. The van der Waals surface area contributed by atoms with Gasteiger partial charge in [-0.25, -0.2) is 8.42 Å². The fourth-order valence-electron chi connectivity index (χ4n) is 3.01. The highest BCUT2D eigenvalue weighted by molar-refractivity contribution is 8.13. The van der Waals surface area contributed by atoms with E-state index in [0.29, 0.717) is 24.1 Å². The van der Waals surface area contributed by atoms with Crippen LogP contribution in [-0.4, -0.2) is 36.4 Å². The van der Waals surface area contributed by atoms with E-state index in [9.17, 15) is 13.2 Å². The van der Waals surface area contributed by atoms with Gasteiger partial charge >= 0.3 is 0 Å². The van der Waals surface area contributed by atoms with Crippen LogP contribution in [0.3, 0.4) is 0 Å². The molecule has 3 atom stereocenters. The van der Waals surface area contributed by atoms with Gasteiger partial charge in [-0.3, -0.25) is 4.79 Å². The minimum absolute atomic E-state index is 0.0409. The lowest BCUT2D eigenvalue weighted by Gasteiger charge is -2.41. The van der Waals surface area contributed by atoms with E-state index in [2.05, 4.69) is 13.8 Å². The van der Waals surface area contributed by atoms with Crippen molar-refractivity contribution in [2.75, 3.05) is 6.54 Å². The van der Waals surface area contributed by atoms with E-state index >= 15 is 0 Å². The smallest absolute Gasteiger partial charge is 0.270 e. The van der Waals surface area contributed by atoms with Crippen molar-refractivity contribution in [3.8, 4) is 0 Å². The minimum Gasteiger partial charge on any atom is -0.345 e. The van der Waals surface area contributed by atoms with Crippen LogP contribution in [0.25, 0.3) is 0 Å². The zero-order chi connectivity index (χ0) is 15.9. The Balaban J connectivity index is 2.34. The molecule has 0 N–H and O–H groups in total. The number of nitrogens with zero attached hydrogens (tertiary/aromatic N) is 2. The Labute approximate surface area is 130 Å². The van der Waals surface area contributed by atoms with Gasteiger partial charge in [0, 0.05) is 36.5 Å². The number of rotatable bonds is 2. The van der Waals surface area contributed by atoms with Crippen molar-refractivity contribution in [2.45, 2.75) is 38.1 Å². The van der Waals surface area contributed by atoms with Crippen molar-refractivity contribution in [3.05, 3.63) is 18.0 Å². The second-order valence-corrected chi connectivity index (χ2v) is 8.69. The van der Waals surface area contributed by atoms with Crippen LogP contribution in [0.1, 0.15) is 37.7 Å². The number of carbonyl (C=O) groups excluding carboxylic acids is 1. The molecule has 118 valence electrons. The van der Waals surface area contributed by atoms with E-state index < -0.39 is 9.05 Å². The van der Waals surface area contributed by atoms with E-state index in [4.69, 9.17) is 10.7 Å². The maximum Gasteiger partial charge on any atom is 0.270 e. The molecule has 7 heteroatoms. The quantitative estimate of drug-likeness (QED) is 0.782. The standard InChI is InChI=1S/C14H21ClN2O3S/c1-9-5-10(2)11(3)17(7-9)14(18)13-6-12(8-16(13)4)21(15,19)20/h6,8-11H,5,7H2,1-4H3. The lowest BCUT2D eigenvalue weighted by Crippen LogP contribution is -2.49. The number of hydrogen-bond donors (Lipinski definition) is 0. The predicted molar refractivity (Wildman–Crippen MR) is 81.9 cm³/mol. The van der Waals surface area contributed by atoms with E-state index in [-0.39, 0.29) is 16.8 Å². The van der Waals surface area contributed by atoms with Crippen molar-refractivity contribution < 1.29 is 13.2 Å². The van der Waals surface area contributed by atoms with E-state index in [1.807, 2.05) is 11.8 Å². The summed E-state index contributed by atoms with van der Waals surface area (Å²) in [5, 5.41) is 0. The molecule has 1 saturated heterocycles.